The average Bonchev–Trinajstić information content (AvgIpc) is 3.26. The van der Waals surface area contributed by atoms with Crippen LogP contribution in [-0.4, -0.2) is 73.1 Å². The molecule has 0 aliphatic heterocycles. The molecule has 0 fully saturated rings. The van der Waals surface area contributed by atoms with Gasteiger partial charge in [-0.2, -0.15) is 0 Å². The lowest BCUT2D eigenvalue weighted by Crippen LogP contribution is -2.37. The van der Waals surface area contributed by atoms with E-state index in [9.17, 15) is 39.6 Å². The highest BCUT2D eigenvalue weighted by molar-refractivity contribution is 7.92. The van der Waals surface area contributed by atoms with E-state index in [-0.39, 0.29) is 44.5 Å². The summed E-state index contributed by atoms with van der Waals surface area (Å²) in [6, 6.07) is 6.21. The van der Waals surface area contributed by atoms with E-state index >= 15 is 0 Å². The lowest BCUT2D eigenvalue weighted by atomic mass is 10.2. The highest BCUT2D eigenvalue weighted by Gasteiger charge is 2.23. The van der Waals surface area contributed by atoms with E-state index in [2.05, 4.69) is 5.32 Å². The molecule has 3 N–H and O–H groups in total. The van der Waals surface area contributed by atoms with Gasteiger partial charge < -0.3 is 15.2 Å². The van der Waals surface area contributed by atoms with E-state index in [1.54, 1.807) is 0 Å². The van der Waals surface area contributed by atoms with Gasteiger partial charge >= 0.3 is 5.97 Å². The number of carboxylic acids is 1. The normalized spacial score (nSPS) is 13.1. The Bertz CT molecular complexity index is 1440. The number of amides is 1. The summed E-state index contributed by atoms with van der Waals surface area (Å²) in [5.41, 5.74) is 0.162. The van der Waals surface area contributed by atoms with Crippen LogP contribution in [0.4, 0.5) is 0 Å². The third-order valence-corrected chi connectivity index (χ3v) is 10.6. The molecule has 1 aromatic carbocycles. The van der Waals surface area contributed by atoms with Gasteiger partial charge in [-0.25, -0.2) is 30.0 Å². The molecule has 36 heavy (non-hydrogen) atoms. The highest BCUT2D eigenvalue weighted by atomic mass is 32.2. The average molecular weight is 581 g/mol. The number of carbonyl (C=O) groups is 3. The summed E-state index contributed by atoms with van der Waals surface area (Å²) in [5, 5.41) is 11.3. The van der Waals surface area contributed by atoms with Crippen LogP contribution in [0.3, 0.4) is 0 Å². The maximum Gasteiger partial charge on any atom is 0.305 e. The van der Waals surface area contributed by atoms with Crippen LogP contribution in [0.5, 0.6) is 0 Å². The molecule has 2 rings (SSSR count). The number of carbonyl (C=O) groups excluding carboxylic acids is 2. The number of thiophene rings is 1. The summed E-state index contributed by atoms with van der Waals surface area (Å²) < 4.78 is 74.9. The van der Waals surface area contributed by atoms with Gasteiger partial charge in [0.1, 0.15) is 10.5 Å². The van der Waals surface area contributed by atoms with Crippen LogP contribution in [0.2, 0.25) is 0 Å². The minimum Gasteiger partial charge on any atom is -0.481 e. The van der Waals surface area contributed by atoms with Gasteiger partial charge in [-0.15, -0.1) is 11.3 Å². The predicted octanol–water partition coefficient (Wildman–Crippen LogP) is 0.207. The number of aldehydes is 1. The number of carboxylic acid groups (broad SMARTS) is 1. The molecule has 0 saturated carbocycles. The second kappa shape index (κ2) is 12.1. The third kappa shape index (κ3) is 9.09. The minimum absolute atomic E-state index is 0.0131. The van der Waals surface area contributed by atoms with Crippen LogP contribution >= 0.6 is 11.3 Å². The Morgan fingerprint density at radius 3 is 2.36 bits per heavy atom. The van der Waals surface area contributed by atoms with Crippen molar-refractivity contribution in [2.75, 3.05) is 18.6 Å². The molecule has 1 aromatic heterocycles. The summed E-state index contributed by atoms with van der Waals surface area (Å²) in [7, 11) is -11.4. The van der Waals surface area contributed by atoms with Gasteiger partial charge in [0, 0.05) is 12.8 Å². The predicted molar refractivity (Wildman–Crippen MR) is 131 cm³/mol. The molecule has 198 valence electrons. The van der Waals surface area contributed by atoms with Crippen LogP contribution < -0.4 is 10.0 Å². The van der Waals surface area contributed by atoms with Crippen molar-refractivity contribution in [2.24, 2.45) is 0 Å². The number of benzene rings is 1. The molecule has 12 nitrogen and oxygen atoms in total. The van der Waals surface area contributed by atoms with Crippen molar-refractivity contribution >= 4 is 59.2 Å². The zero-order valence-corrected chi connectivity index (χ0v) is 22.2. The number of sulfonamides is 1. The number of aliphatic carboxylic acids is 1. The quantitative estimate of drug-likeness (QED) is 0.205. The molecule has 16 heteroatoms. The maximum absolute atomic E-state index is 12.5. The fourth-order valence-electron chi connectivity index (χ4n) is 2.92. The zero-order chi connectivity index (χ0) is 27.1. The van der Waals surface area contributed by atoms with E-state index in [1.807, 2.05) is 4.72 Å². The van der Waals surface area contributed by atoms with Gasteiger partial charge in [-0.3, -0.25) is 9.59 Å². The Labute approximate surface area is 212 Å². The van der Waals surface area contributed by atoms with E-state index in [0.29, 0.717) is 0 Å². The molecule has 0 saturated heterocycles. The number of rotatable bonds is 14. The van der Waals surface area contributed by atoms with Gasteiger partial charge in [0.05, 0.1) is 33.7 Å². The zero-order valence-electron chi connectivity index (χ0n) is 18.9. The Hall–Kier alpha value is -2.66. The molecule has 0 spiro atoms. The van der Waals surface area contributed by atoms with Crippen molar-refractivity contribution in [3.05, 3.63) is 46.8 Å². The van der Waals surface area contributed by atoms with Gasteiger partial charge in [0.25, 0.3) is 5.91 Å². The standard InChI is InChI=1S/C20H24N2O10S4/c1-34(27,28)19-7-6-17(33-19)20(26)21-8-3-9-35(29,30)13-14-4-2-5-16(10-14)36(31,32)22-15(12-23)11-18(24)25/h2,4-7,10,12,15,22H,3,8-9,11,13H2,1H3,(H,21,26)(H,24,25). The number of hydrogen-bond donors (Lipinski definition) is 3. The molecule has 2 aromatic rings. The van der Waals surface area contributed by atoms with Crippen molar-refractivity contribution in [1.82, 2.24) is 10.0 Å². The van der Waals surface area contributed by atoms with Gasteiger partial charge in [0.15, 0.2) is 19.7 Å². The molecule has 1 amide bonds. The third-order valence-electron chi connectivity index (χ3n) is 4.55. The van der Waals surface area contributed by atoms with Crippen molar-refractivity contribution in [3.63, 3.8) is 0 Å². The van der Waals surface area contributed by atoms with Crippen molar-refractivity contribution in [2.45, 2.75) is 33.7 Å². The van der Waals surface area contributed by atoms with Crippen LogP contribution in [0.25, 0.3) is 0 Å². The van der Waals surface area contributed by atoms with Crippen LogP contribution in [-0.2, 0) is 45.0 Å². The molecule has 0 radical (unpaired) electrons. The molecular weight excluding hydrogens is 556 g/mol. The van der Waals surface area contributed by atoms with E-state index < -0.39 is 59.8 Å². The first kappa shape index (κ1) is 29.6. The Morgan fingerprint density at radius 2 is 1.78 bits per heavy atom. The fraction of sp³-hybridized carbons (Fsp3) is 0.350. The van der Waals surface area contributed by atoms with Crippen LogP contribution in [0.1, 0.15) is 28.1 Å². The first-order chi connectivity index (χ1) is 16.6. The lowest BCUT2D eigenvalue weighted by Gasteiger charge is -2.12. The Morgan fingerprint density at radius 1 is 1.08 bits per heavy atom. The monoisotopic (exact) mass is 580 g/mol. The second-order valence-corrected chi connectivity index (χ2v) is 14.9. The Balaban J connectivity index is 1.95. The van der Waals surface area contributed by atoms with E-state index in [0.717, 1.165) is 23.7 Å². The smallest absolute Gasteiger partial charge is 0.305 e. The summed E-state index contributed by atoms with van der Waals surface area (Å²) in [5.74, 6) is -2.71. The van der Waals surface area contributed by atoms with Gasteiger partial charge in [0.2, 0.25) is 10.0 Å². The summed E-state index contributed by atoms with van der Waals surface area (Å²) in [4.78, 5) is 33.7. The van der Waals surface area contributed by atoms with E-state index in [4.69, 9.17) is 5.11 Å². The molecule has 0 aliphatic carbocycles. The fourth-order valence-corrected chi connectivity index (χ4v) is 7.42. The molecular formula is C20H24N2O10S4. The topological polar surface area (TPSA) is 198 Å². The number of hydrogen-bond acceptors (Lipinski definition) is 10. The van der Waals surface area contributed by atoms with Crippen LogP contribution in [0.15, 0.2) is 45.5 Å². The summed E-state index contributed by atoms with van der Waals surface area (Å²) >= 11 is 0.803. The Kier molecular flexibility index (Phi) is 9.90. The van der Waals surface area contributed by atoms with Crippen molar-refractivity contribution in [3.8, 4) is 0 Å². The molecule has 1 unspecified atom stereocenters. The summed E-state index contributed by atoms with van der Waals surface area (Å²) in [6.45, 7) is 0.0131. The molecule has 0 aliphatic rings. The van der Waals surface area contributed by atoms with Gasteiger partial charge in [-0.05, 0) is 36.2 Å². The highest BCUT2D eigenvalue weighted by Crippen LogP contribution is 2.21. The summed E-state index contributed by atoms with van der Waals surface area (Å²) in [6.07, 6.45) is 0.489. The number of sulfone groups is 2. The molecule has 1 heterocycles. The first-order valence-electron chi connectivity index (χ1n) is 10.2. The molecule has 1 atom stereocenters. The van der Waals surface area contributed by atoms with E-state index in [1.165, 1.54) is 30.3 Å². The largest absolute Gasteiger partial charge is 0.481 e. The van der Waals surface area contributed by atoms with Crippen LogP contribution in [0, 0.1) is 0 Å². The second-order valence-electron chi connectivity index (χ2n) is 7.70. The van der Waals surface area contributed by atoms with Crippen molar-refractivity contribution < 1.29 is 44.7 Å². The SMILES string of the molecule is CS(=O)(=O)c1ccc(C(=O)NCCCS(=O)(=O)Cc2cccc(S(=O)(=O)NC(C=O)CC(=O)O)c2)s1. The van der Waals surface area contributed by atoms with Crippen molar-refractivity contribution in [1.29, 1.82) is 0 Å². The first-order valence-corrected chi connectivity index (χ1v) is 16.2. The minimum atomic E-state index is -4.28. The number of nitrogens with one attached hydrogen (secondary N) is 2. The molecule has 0 bridgehead atoms. The maximum atomic E-state index is 12.5. The van der Waals surface area contributed by atoms with Gasteiger partial charge in [-0.1, -0.05) is 12.1 Å². The lowest BCUT2D eigenvalue weighted by molar-refractivity contribution is -0.138.